The van der Waals surface area contributed by atoms with E-state index in [2.05, 4.69) is 26.6 Å². The van der Waals surface area contributed by atoms with Crippen LogP contribution in [0.1, 0.15) is 24.4 Å². The third-order valence-corrected chi connectivity index (χ3v) is 7.14. The fourth-order valence-electron chi connectivity index (χ4n) is 4.44. The lowest BCUT2D eigenvalue weighted by Crippen LogP contribution is -2.41. The summed E-state index contributed by atoms with van der Waals surface area (Å²) >= 11 is 9.05. The zero-order valence-corrected chi connectivity index (χ0v) is 22.4. The number of benzene rings is 2. The average Bonchev–Trinajstić information content (AvgIpc) is 3.72. The van der Waals surface area contributed by atoms with Crippen molar-refractivity contribution < 1.29 is 4.79 Å². The highest BCUT2D eigenvalue weighted by Crippen LogP contribution is 2.34. The van der Waals surface area contributed by atoms with E-state index in [0.29, 0.717) is 29.9 Å². The molecule has 0 radical (unpaired) electrons. The maximum atomic E-state index is 13.9. The molecule has 190 valence electrons. The molecule has 0 spiro atoms. The van der Waals surface area contributed by atoms with Crippen LogP contribution >= 0.6 is 27.5 Å². The summed E-state index contributed by atoms with van der Waals surface area (Å²) in [5.41, 5.74) is 0.640. The second kappa shape index (κ2) is 9.68. The van der Waals surface area contributed by atoms with Crippen LogP contribution in [0.25, 0.3) is 16.6 Å². The minimum Gasteiger partial charge on any atom is -0.341 e. The highest BCUT2D eigenvalue weighted by molar-refractivity contribution is 9.10. The molecule has 4 aromatic rings. The Balaban J connectivity index is 1.87. The molecule has 0 atom stereocenters. The minimum atomic E-state index is -0.535. The van der Waals surface area contributed by atoms with Gasteiger partial charge in [-0.1, -0.05) is 22.0 Å². The summed E-state index contributed by atoms with van der Waals surface area (Å²) in [6.07, 6.45) is 1.43. The molecule has 5 rings (SSSR count). The predicted molar refractivity (Wildman–Crippen MR) is 149 cm³/mol. The van der Waals surface area contributed by atoms with Crippen molar-refractivity contribution >= 4 is 61.5 Å². The van der Waals surface area contributed by atoms with Crippen LogP contribution in [-0.4, -0.2) is 25.5 Å². The first kappa shape index (κ1) is 25.0. The summed E-state index contributed by atoms with van der Waals surface area (Å²) < 4.78 is 4.93. The molecule has 9 nitrogen and oxygen atoms in total. The van der Waals surface area contributed by atoms with Crippen molar-refractivity contribution in [2.75, 3.05) is 16.5 Å². The molecule has 2 aromatic carbocycles. The van der Waals surface area contributed by atoms with Crippen LogP contribution in [0.2, 0.25) is 0 Å². The standard InChI is InChI=1S/C26H23BrClN5O4/c1-14-22-21(23(31(2)24(14)35)30-16-8-6-15(27)7-9-16)25(36)33(18-10-11-18)26(37)32(22)19-5-3-4-17(12-19)29-20(34)13-28/h3-9,12,18,30H,10-11,13H2,1-2H3,(H,29,34). The Bertz CT molecular complexity index is 1740. The third-order valence-electron chi connectivity index (χ3n) is 6.37. The normalized spacial score (nSPS) is 13.1. The Morgan fingerprint density at radius 1 is 1.05 bits per heavy atom. The highest BCUT2D eigenvalue weighted by atomic mass is 79.9. The number of halogens is 2. The zero-order chi connectivity index (χ0) is 26.4. The molecule has 1 fully saturated rings. The molecule has 1 saturated carbocycles. The lowest BCUT2D eigenvalue weighted by Gasteiger charge is -2.20. The van der Waals surface area contributed by atoms with Crippen LogP contribution in [0.15, 0.2) is 67.4 Å². The zero-order valence-electron chi connectivity index (χ0n) is 20.0. The van der Waals surface area contributed by atoms with Gasteiger partial charge in [0.2, 0.25) is 5.91 Å². The van der Waals surface area contributed by atoms with Gasteiger partial charge >= 0.3 is 5.69 Å². The van der Waals surface area contributed by atoms with Crippen LogP contribution in [0, 0.1) is 6.92 Å². The van der Waals surface area contributed by atoms with Gasteiger partial charge in [0, 0.05) is 34.5 Å². The average molecular weight is 585 g/mol. The first-order chi connectivity index (χ1) is 17.7. The van der Waals surface area contributed by atoms with Crippen molar-refractivity contribution in [2.24, 2.45) is 7.05 Å². The van der Waals surface area contributed by atoms with Crippen molar-refractivity contribution in [1.29, 1.82) is 0 Å². The van der Waals surface area contributed by atoms with Gasteiger partial charge < -0.3 is 10.6 Å². The number of pyridine rings is 1. The van der Waals surface area contributed by atoms with Crippen molar-refractivity contribution in [3.8, 4) is 5.69 Å². The molecule has 1 aliphatic carbocycles. The van der Waals surface area contributed by atoms with Crippen LogP contribution in [0.4, 0.5) is 17.2 Å². The van der Waals surface area contributed by atoms with Crippen molar-refractivity contribution in [3.63, 3.8) is 0 Å². The van der Waals surface area contributed by atoms with E-state index in [1.165, 1.54) is 13.7 Å². The number of nitrogens with zero attached hydrogens (tertiary/aromatic N) is 3. The van der Waals surface area contributed by atoms with Gasteiger partial charge in [-0.05, 0) is 62.2 Å². The van der Waals surface area contributed by atoms with E-state index < -0.39 is 17.2 Å². The number of hydrogen-bond acceptors (Lipinski definition) is 5. The van der Waals surface area contributed by atoms with E-state index in [9.17, 15) is 19.2 Å². The lowest BCUT2D eigenvalue weighted by molar-refractivity contribution is -0.113. The number of rotatable bonds is 6. The maximum absolute atomic E-state index is 13.9. The minimum absolute atomic E-state index is 0.215. The summed E-state index contributed by atoms with van der Waals surface area (Å²) in [6, 6.07) is 13.8. The van der Waals surface area contributed by atoms with E-state index in [-0.39, 0.29) is 39.8 Å². The van der Waals surface area contributed by atoms with Gasteiger partial charge in [0.1, 0.15) is 17.1 Å². The van der Waals surface area contributed by atoms with Crippen molar-refractivity contribution in [1.82, 2.24) is 13.7 Å². The first-order valence-corrected chi connectivity index (χ1v) is 12.9. The molecule has 0 bridgehead atoms. The van der Waals surface area contributed by atoms with Crippen LogP contribution in [-0.2, 0) is 11.8 Å². The second-order valence-electron chi connectivity index (χ2n) is 8.95. The number of hydrogen-bond donors (Lipinski definition) is 2. The van der Waals surface area contributed by atoms with Gasteiger partial charge in [-0.15, -0.1) is 11.6 Å². The Kier molecular flexibility index (Phi) is 6.55. The van der Waals surface area contributed by atoms with E-state index in [0.717, 1.165) is 4.47 Å². The molecule has 0 unspecified atom stereocenters. The Labute approximate surface area is 224 Å². The monoisotopic (exact) mass is 583 g/mol. The summed E-state index contributed by atoms with van der Waals surface area (Å²) in [5.74, 6) is -0.336. The number of aromatic nitrogens is 3. The van der Waals surface area contributed by atoms with E-state index >= 15 is 0 Å². The van der Waals surface area contributed by atoms with Crippen molar-refractivity contribution in [2.45, 2.75) is 25.8 Å². The number of carbonyl (C=O) groups is 1. The molecule has 1 aliphatic rings. The molecular weight excluding hydrogens is 562 g/mol. The van der Waals surface area contributed by atoms with Gasteiger partial charge in [0.25, 0.3) is 11.1 Å². The predicted octanol–water partition coefficient (Wildman–Crippen LogP) is 4.18. The fraction of sp³-hybridized carbons (Fsp3) is 0.231. The summed E-state index contributed by atoms with van der Waals surface area (Å²) in [4.78, 5) is 52.9. The van der Waals surface area contributed by atoms with Gasteiger partial charge in [-0.25, -0.2) is 4.79 Å². The number of aryl methyl sites for hydroxylation is 1. The number of anilines is 3. The number of fused-ring (bicyclic) bond motifs is 1. The lowest BCUT2D eigenvalue weighted by atomic mass is 10.1. The van der Waals surface area contributed by atoms with Crippen molar-refractivity contribution in [3.05, 3.63) is 89.8 Å². The number of carbonyl (C=O) groups excluding carboxylic acids is 1. The smallest absolute Gasteiger partial charge is 0.336 e. The van der Waals surface area contributed by atoms with Gasteiger partial charge in [-0.3, -0.25) is 28.1 Å². The molecule has 1 amide bonds. The third kappa shape index (κ3) is 4.51. The molecule has 2 heterocycles. The molecule has 2 aromatic heterocycles. The Morgan fingerprint density at radius 3 is 2.41 bits per heavy atom. The van der Waals surface area contributed by atoms with E-state index in [1.807, 2.05) is 24.3 Å². The van der Waals surface area contributed by atoms with Gasteiger partial charge in [0.15, 0.2) is 0 Å². The SMILES string of the molecule is Cc1c(=O)n(C)c(Nc2ccc(Br)cc2)c2c(=O)n(C3CC3)c(=O)n(-c3cccc(NC(=O)CCl)c3)c12. The maximum Gasteiger partial charge on any atom is 0.336 e. The molecule has 37 heavy (non-hydrogen) atoms. The molecule has 2 N–H and O–H groups in total. The molecule has 11 heteroatoms. The largest absolute Gasteiger partial charge is 0.341 e. The molecular formula is C26H23BrClN5O4. The number of nitrogens with one attached hydrogen (secondary N) is 2. The van der Waals surface area contributed by atoms with Crippen LogP contribution in [0.5, 0.6) is 0 Å². The molecule has 0 saturated heterocycles. The highest BCUT2D eigenvalue weighted by Gasteiger charge is 2.31. The quantitative estimate of drug-likeness (QED) is 0.331. The number of amides is 1. The van der Waals surface area contributed by atoms with Gasteiger partial charge in [-0.2, -0.15) is 0 Å². The van der Waals surface area contributed by atoms with E-state index in [4.69, 9.17) is 11.6 Å². The van der Waals surface area contributed by atoms with Gasteiger partial charge in [0.05, 0.1) is 11.2 Å². The Morgan fingerprint density at radius 2 is 1.76 bits per heavy atom. The van der Waals surface area contributed by atoms with Crippen LogP contribution < -0.4 is 27.4 Å². The number of alkyl halides is 1. The summed E-state index contributed by atoms with van der Waals surface area (Å²) in [5, 5.41) is 6.13. The summed E-state index contributed by atoms with van der Waals surface area (Å²) in [7, 11) is 1.59. The first-order valence-electron chi connectivity index (χ1n) is 11.6. The topological polar surface area (TPSA) is 107 Å². The second-order valence-corrected chi connectivity index (χ2v) is 10.1. The van der Waals surface area contributed by atoms with Crippen LogP contribution in [0.3, 0.4) is 0 Å². The molecule has 0 aliphatic heterocycles. The Hall–Kier alpha value is -3.63. The van der Waals surface area contributed by atoms with E-state index in [1.54, 1.807) is 38.2 Å². The fourth-order valence-corrected chi connectivity index (χ4v) is 4.77. The summed E-state index contributed by atoms with van der Waals surface area (Å²) in [6.45, 7) is 1.60.